The van der Waals surface area contributed by atoms with Crippen LogP contribution in [-0.2, 0) is 6.54 Å². The summed E-state index contributed by atoms with van der Waals surface area (Å²) in [6.45, 7) is 0.742. The first kappa shape index (κ1) is 13.7. The summed E-state index contributed by atoms with van der Waals surface area (Å²) < 4.78 is 0. The van der Waals surface area contributed by atoms with Gasteiger partial charge in [0.05, 0.1) is 6.54 Å². The maximum absolute atomic E-state index is 12.7. The molecule has 0 bridgehead atoms. The molecule has 1 fully saturated rings. The third-order valence-corrected chi connectivity index (χ3v) is 5.10. The molecule has 2 aromatic rings. The fourth-order valence-electron chi connectivity index (χ4n) is 2.22. The number of hydrogen-bond acceptors (Lipinski definition) is 3. The van der Waals surface area contributed by atoms with Crippen LogP contribution in [0.2, 0.25) is 0 Å². The second-order valence-electron chi connectivity index (χ2n) is 4.97. The number of amides is 1. The molecule has 1 amide bonds. The Morgan fingerprint density at radius 2 is 2.05 bits per heavy atom. The Labute approximate surface area is 127 Å². The summed E-state index contributed by atoms with van der Waals surface area (Å²) in [7, 11) is 0. The standard InChI is InChI=1S/C16H17NOS2/c1-19-14-8-4-12(5-9-14)16(18)17(13-6-7-13)11-15-3-2-10-20-15/h2-5,8-10,13H,6-7,11H2,1H3. The van der Waals surface area contributed by atoms with Crippen molar-refractivity contribution in [2.75, 3.05) is 6.26 Å². The maximum atomic E-state index is 12.7. The van der Waals surface area contributed by atoms with E-state index in [0.717, 1.165) is 24.9 Å². The van der Waals surface area contributed by atoms with Crippen molar-refractivity contribution < 1.29 is 4.79 Å². The van der Waals surface area contributed by atoms with Gasteiger partial charge in [-0.05, 0) is 54.8 Å². The summed E-state index contributed by atoms with van der Waals surface area (Å²) >= 11 is 3.41. The van der Waals surface area contributed by atoms with Crippen LogP contribution in [0.5, 0.6) is 0 Å². The van der Waals surface area contributed by atoms with Gasteiger partial charge in [0.15, 0.2) is 0 Å². The van der Waals surface area contributed by atoms with E-state index in [1.807, 2.05) is 41.5 Å². The third-order valence-electron chi connectivity index (χ3n) is 3.49. The number of thioether (sulfide) groups is 1. The molecule has 1 aliphatic rings. The highest BCUT2D eigenvalue weighted by atomic mass is 32.2. The van der Waals surface area contributed by atoms with Crippen molar-refractivity contribution in [1.82, 2.24) is 4.90 Å². The quantitative estimate of drug-likeness (QED) is 0.769. The number of nitrogens with zero attached hydrogens (tertiary/aromatic N) is 1. The molecule has 1 aliphatic carbocycles. The van der Waals surface area contributed by atoms with Crippen molar-refractivity contribution in [3.05, 3.63) is 52.2 Å². The van der Waals surface area contributed by atoms with Crippen LogP contribution in [-0.4, -0.2) is 23.1 Å². The van der Waals surface area contributed by atoms with E-state index in [0.29, 0.717) is 6.04 Å². The minimum absolute atomic E-state index is 0.161. The number of benzene rings is 1. The highest BCUT2D eigenvalue weighted by Crippen LogP contribution is 2.30. The van der Waals surface area contributed by atoms with Gasteiger partial charge in [0.2, 0.25) is 0 Å². The number of rotatable bonds is 5. The summed E-state index contributed by atoms with van der Waals surface area (Å²) in [6.07, 6.45) is 4.32. The lowest BCUT2D eigenvalue weighted by Crippen LogP contribution is -2.32. The van der Waals surface area contributed by atoms with Gasteiger partial charge in [-0.25, -0.2) is 0 Å². The largest absolute Gasteiger partial charge is 0.331 e. The number of carbonyl (C=O) groups is 1. The van der Waals surface area contributed by atoms with Crippen LogP contribution < -0.4 is 0 Å². The topological polar surface area (TPSA) is 20.3 Å². The van der Waals surface area contributed by atoms with Crippen LogP contribution in [0.4, 0.5) is 0 Å². The van der Waals surface area contributed by atoms with E-state index >= 15 is 0 Å². The van der Waals surface area contributed by atoms with Crippen molar-refractivity contribution in [2.45, 2.75) is 30.3 Å². The van der Waals surface area contributed by atoms with Crippen LogP contribution >= 0.6 is 23.1 Å². The van der Waals surface area contributed by atoms with Gasteiger partial charge in [0.1, 0.15) is 0 Å². The molecular weight excluding hydrogens is 286 g/mol. The Morgan fingerprint density at radius 1 is 1.30 bits per heavy atom. The monoisotopic (exact) mass is 303 g/mol. The van der Waals surface area contributed by atoms with Crippen LogP contribution in [0.1, 0.15) is 28.1 Å². The van der Waals surface area contributed by atoms with Gasteiger partial charge in [-0.1, -0.05) is 6.07 Å². The lowest BCUT2D eigenvalue weighted by molar-refractivity contribution is 0.0731. The average molecular weight is 303 g/mol. The Hall–Kier alpha value is -1.26. The van der Waals surface area contributed by atoms with Crippen LogP contribution in [0, 0.1) is 0 Å². The molecule has 1 aromatic carbocycles. The summed E-state index contributed by atoms with van der Waals surface area (Å²) in [6, 6.07) is 12.5. The second kappa shape index (κ2) is 6.02. The number of carbonyl (C=O) groups excluding carboxylic acids is 1. The van der Waals surface area contributed by atoms with E-state index in [4.69, 9.17) is 0 Å². The minimum Gasteiger partial charge on any atom is -0.331 e. The SMILES string of the molecule is CSc1ccc(C(=O)N(Cc2cccs2)C2CC2)cc1. The van der Waals surface area contributed by atoms with Gasteiger partial charge < -0.3 is 4.90 Å². The van der Waals surface area contributed by atoms with Crippen molar-refractivity contribution >= 4 is 29.0 Å². The van der Waals surface area contributed by atoms with Crippen molar-refractivity contribution in [2.24, 2.45) is 0 Å². The van der Waals surface area contributed by atoms with E-state index in [1.54, 1.807) is 23.1 Å². The predicted octanol–water partition coefficient (Wildman–Crippen LogP) is 4.27. The summed E-state index contributed by atoms with van der Waals surface area (Å²) in [4.78, 5) is 17.2. The Balaban J connectivity index is 1.77. The van der Waals surface area contributed by atoms with E-state index < -0.39 is 0 Å². The third kappa shape index (κ3) is 3.07. The van der Waals surface area contributed by atoms with Gasteiger partial charge >= 0.3 is 0 Å². The first-order valence-corrected chi connectivity index (χ1v) is 8.86. The van der Waals surface area contributed by atoms with Gasteiger partial charge in [-0.2, -0.15) is 0 Å². The molecular formula is C16H17NOS2. The average Bonchev–Trinajstić information content (AvgIpc) is 3.21. The summed E-state index contributed by atoms with van der Waals surface area (Å²) in [5.74, 6) is 0.161. The minimum atomic E-state index is 0.161. The second-order valence-corrected chi connectivity index (χ2v) is 6.88. The molecule has 1 aromatic heterocycles. The molecule has 4 heteroatoms. The highest BCUT2D eigenvalue weighted by molar-refractivity contribution is 7.98. The van der Waals surface area contributed by atoms with Gasteiger partial charge in [-0.3, -0.25) is 4.79 Å². The summed E-state index contributed by atoms with van der Waals surface area (Å²) in [5, 5.41) is 2.07. The van der Waals surface area contributed by atoms with Crippen molar-refractivity contribution in [3.63, 3.8) is 0 Å². The Kier molecular flexibility index (Phi) is 4.13. The molecule has 0 saturated heterocycles. The molecule has 3 rings (SSSR count). The van der Waals surface area contributed by atoms with Crippen molar-refractivity contribution in [3.8, 4) is 0 Å². The van der Waals surface area contributed by atoms with Crippen LogP contribution in [0.25, 0.3) is 0 Å². The fourth-order valence-corrected chi connectivity index (χ4v) is 3.33. The molecule has 0 N–H and O–H groups in total. The zero-order valence-corrected chi connectivity index (χ0v) is 13.0. The molecule has 20 heavy (non-hydrogen) atoms. The maximum Gasteiger partial charge on any atom is 0.254 e. The zero-order valence-electron chi connectivity index (χ0n) is 11.4. The lowest BCUT2D eigenvalue weighted by Gasteiger charge is -2.22. The number of hydrogen-bond donors (Lipinski definition) is 0. The van der Waals surface area contributed by atoms with E-state index in [-0.39, 0.29) is 5.91 Å². The van der Waals surface area contributed by atoms with E-state index in [9.17, 15) is 4.79 Å². The van der Waals surface area contributed by atoms with Gasteiger partial charge in [-0.15, -0.1) is 23.1 Å². The zero-order chi connectivity index (χ0) is 13.9. The molecule has 0 unspecified atom stereocenters. The lowest BCUT2D eigenvalue weighted by atomic mass is 10.2. The van der Waals surface area contributed by atoms with E-state index in [2.05, 4.69) is 11.4 Å². The first-order valence-electron chi connectivity index (χ1n) is 6.75. The van der Waals surface area contributed by atoms with Crippen molar-refractivity contribution in [1.29, 1.82) is 0 Å². The van der Waals surface area contributed by atoms with Gasteiger partial charge in [0, 0.05) is 21.4 Å². The molecule has 1 saturated carbocycles. The number of thiophene rings is 1. The molecule has 104 valence electrons. The van der Waals surface area contributed by atoms with E-state index in [1.165, 1.54) is 9.77 Å². The molecule has 2 nitrogen and oxygen atoms in total. The smallest absolute Gasteiger partial charge is 0.254 e. The Bertz CT molecular complexity index is 573. The Morgan fingerprint density at radius 3 is 2.60 bits per heavy atom. The molecule has 1 heterocycles. The molecule has 0 aliphatic heterocycles. The molecule has 0 atom stereocenters. The summed E-state index contributed by atoms with van der Waals surface area (Å²) in [5.41, 5.74) is 0.797. The van der Waals surface area contributed by atoms with Gasteiger partial charge in [0.25, 0.3) is 5.91 Å². The van der Waals surface area contributed by atoms with Crippen LogP contribution in [0.15, 0.2) is 46.7 Å². The first-order chi connectivity index (χ1) is 9.78. The normalized spacial score (nSPS) is 14.2. The molecule has 0 radical (unpaired) electrons. The predicted molar refractivity (Wildman–Crippen MR) is 85.4 cm³/mol. The van der Waals surface area contributed by atoms with Crippen LogP contribution in [0.3, 0.4) is 0 Å². The fraction of sp³-hybridized carbons (Fsp3) is 0.312. The molecule has 0 spiro atoms. The highest BCUT2D eigenvalue weighted by Gasteiger charge is 2.33.